The summed E-state index contributed by atoms with van der Waals surface area (Å²) in [5, 5.41) is 12.7. The van der Waals surface area contributed by atoms with Crippen molar-refractivity contribution in [3.8, 4) is 17.4 Å². The van der Waals surface area contributed by atoms with Gasteiger partial charge in [-0.25, -0.2) is 18.4 Å². The van der Waals surface area contributed by atoms with Gasteiger partial charge in [0.25, 0.3) is 10.0 Å². The third kappa shape index (κ3) is 3.73. The average Bonchev–Trinajstić information content (AvgIpc) is 3.42. The van der Waals surface area contributed by atoms with Crippen LogP contribution in [0.1, 0.15) is 5.56 Å². The molecule has 0 radical (unpaired) electrons. The van der Waals surface area contributed by atoms with Crippen LogP contribution in [0, 0.1) is 0 Å². The van der Waals surface area contributed by atoms with Crippen LogP contribution in [-0.2, 0) is 10.0 Å². The first kappa shape index (κ1) is 21.5. The summed E-state index contributed by atoms with van der Waals surface area (Å²) < 4.78 is 39.5. The molecule has 0 bridgehead atoms. The molecule has 3 N–H and O–H groups in total. The number of rotatable bonds is 6. The van der Waals surface area contributed by atoms with E-state index in [1.54, 1.807) is 24.3 Å². The van der Waals surface area contributed by atoms with Crippen LogP contribution in [0.25, 0.3) is 17.0 Å². The minimum absolute atomic E-state index is 0.00711. The zero-order valence-corrected chi connectivity index (χ0v) is 19.1. The van der Waals surface area contributed by atoms with Gasteiger partial charge in [-0.05, 0) is 47.7 Å². The molecular formula is C24H20N4O5S. The van der Waals surface area contributed by atoms with Gasteiger partial charge in [0.05, 0.1) is 41.4 Å². The Labute approximate surface area is 194 Å². The third-order valence-electron chi connectivity index (χ3n) is 5.46. The number of hydrogen-bond donors (Lipinski definition) is 3. The number of sulfonamides is 1. The van der Waals surface area contributed by atoms with Crippen molar-refractivity contribution in [1.82, 2.24) is 4.98 Å². The second-order valence-corrected chi connectivity index (χ2v) is 9.19. The van der Waals surface area contributed by atoms with E-state index < -0.39 is 10.0 Å². The lowest BCUT2D eigenvalue weighted by atomic mass is 10.1. The van der Waals surface area contributed by atoms with Crippen molar-refractivity contribution in [2.75, 3.05) is 18.9 Å². The highest BCUT2D eigenvalue weighted by Crippen LogP contribution is 2.35. The lowest BCUT2D eigenvalue weighted by Gasteiger charge is -2.12. The van der Waals surface area contributed by atoms with E-state index in [-0.39, 0.29) is 10.8 Å². The van der Waals surface area contributed by atoms with Gasteiger partial charge in [0, 0.05) is 17.0 Å². The minimum Gasteiger partial charge on any atom is -0.494 e. The van der Waals surface area contributed by atoms with Crippen LogP contribution in [-0.4, -0.2) is 39.1 Å². The molecule has 0 aliphatic carbocycles. The lowest BCUT2D eigenvalue weighted by molar-refractivity contribution is 0.354. The molecule has 10 heteroatoms. The number of aromatic nitrogens is 1. The number of aromatic hydroxyl groups is 1. The fourth-order valence-corrected chi connectivity index (χ4v) is 4.92. The maximum absolute atomic E-state index is 13.2. The summed E-state index contributed by atoms with van der Waals surface area (Å²) in [7, 11) is -1.07. The molecule has 1 aliphatic heterocycles. The number of fused-ring (bicyclic) bond motifs is 2. The number of nitrogens with one attached hydrogen (secondary N) is 2. The first-order valence-electron chi connectivity index (χ1n) is 10.2. The Morgan fingerprint density at radius 2 is 1.85 bits per heavy atom. The largest absolute Gasteiger partial charge is 0.494 e. The number of nitrogens with zero attached hydrogens (tertiary/aromatic N) is 2. The molecule has 4 aromatic rings. The summed E-state index contributed by atoms with van der Waals surface area (Å²) in [4.78, 5) is 11.3. The summed E-state index contributed by atoms with van der Waals surface area (Å²) >= 11 is 0. The van der Waals surface area contributed by atoms with Crippen LogP contribution < -0.4 is 24.8 Å². The fourth-order valence-electron chi connectivity index (χ4n) is 3.84. The third-order valence-corrected chi connectivity index (χ3v) is 6.82. The summed E-state index contributed by atoms with van der Waals surface area (Å²) in [5.74, 6) is 0.631. The number of aromatic amines is 1. The van der Waals surface area contributed by atoms with E-state index in [1.165, 1.54) is 38.8 Å². The van der Waals surface area contributed by atoms with E-state index in [2.05, 4.69) is 19.7 Å². The first-order valence-corrected chi connectivity index (χ1v) is 11.7. The summed E-state index contributed by atoms with van der Waals surface area (Å²) in [6.45, 7) is 0. The number of anilines is 1. The van der Waals surface area contributed by atoms with E-state index in [0.29, 0.717) is 33.7 Å². The zero-order chi connectivity index (χ0) is 23.9. The maximum atomic E-state index is 13.2. The molecule has 3 aromatic carbocycles. The number of ether oxygens (including phenoxy) is 2. The molecule has 0 amide bonds. The second kappa shape index (κ2) is 8.23. The summed E-state index contributed by atoms with van der Waals surface area (Å²) in [6, 6.07) is 15.0. The Kier molecular flexibility index (Phi) is 5.21. The molecule has 0 saturated heterocycles. The van der Waals surface area contributed by atoms with Crippen molar-refractivity contribution in [3.63, 3.8) is 0 Å². The Morgan fingerprint density at radius 3 is 2.65 bits per heavy atom. The van der Waals surface area contributed by atoms with Crippen LogP contribution in [0.15, 0.2) is 69.5 Å². The highest BCUT2D eigenvalue weighted by Gasteiger charge is 2.20. The zero-order valence-electron chi connectivity index (χ0n) is 18.2. The van der Waals surface area contributed by atoms with Crippen LogP contribution >= 0.6 is 0 Å². The normalized spacial score (nSPS) is 13.1. The molecule has 2 heterocycles. The van der Waals surface area contributed by atoms with Crippen molar-refractivity contribution in [1.29, 1.82) is 0 Å². The molecule has 1 aliphatic rings. The van der Waals surface area contributed by atoms with E-state index >= 15 is 0 Å². The average molecular weight is 477 g/mol. The molecule has 0 atom stereocenters. The van der Waals surface area contributed by atoms with Crippen molar-refractivity contribution in [3.05, 3.63) is 70.7 Å². The molecule has 5 rings (SSSR count). The minimum atomic E-state index is -3.98. The van der Waals surface area contributed by atoms with Crippen molar-refractivity contribution in [2.45, 2.75) is 4.90 Å². The number of methoxy groups -OCH3 is 2. The van der Waals surface area contributed by atoms with Gasteiger partial charge in [-0.3, -0.25) is 4.72 Å². The van der Waals surface area contributed by atoms with Crippen molar-refractivity contribution >= 4 is 44.7 Å². The molecule has 0 unspecified atom stereocenters. The van der Waals surface area contributed by atoms with E-state index in [0.717, 1.165) is 16.3 Å². The molecule has 172 valence electrons. The van der Waals surface area contributed by atoms with Gasteiger partial charge < -0.3 is 19.6 Å². The molecular weight excluding hydrogens is 456 g/mol. The van der Waals surface area contributed by atoms with E-state index in [1.807, 2.05) is 18.2 Å². The van der Waals surface area contributed by atoms with Gasteiger partial charge >= 0.3 is 0 Å². The first-order chi connectivity index (χ1) is 16.4. The van der Waals surface area contributed by atoms with Crippen molar-refractivity contribution < 1.29 is 23.0 Å². The number of benzene rings is 3. The molecule has 0 spiro atoms. The molecule has 0 saturated carbocycles. The fraction of sp³-hybridized carbons (Fsp3) is 0.0833. The predicted octanol–water partition coefficient (Wildman–Crippen LogP) is 2.81. The van der Waals surface area contributed by atoms with Gasteiger partial charge in [-0.2, -0.15) is 0 Å². The van der Waals surface area contributed by atoms with Crippen molar-refractivity contribution in [2.24, 2.45) is 9.98 Å². The lowest BCUT2D eigenvalue weighted by Crippen LogP contribution is -2.13. The molecule has 0 fully saturated rings. The Hall–Kier alpha value is -4.31. The van der Waals surface area contributed by atoms with Crippen LogP contribution in [0.5, 0.6) is 17.4 Å². The van der Waals surface area contributed by atoms with E-state index in [9.17, 15) is 13.5 Å². The predicted molar refractivity (Wildman–Crippen MR) is 129 cm³/mol. The number of hydrogen-bond acceptors (Lipinski definition) is 7. The summed E-state index contributed by atoms with van der Waals surface area (Å²) in [5.41, 5.74) is 2.05. The quantitative estimate of drug-likeness (QED) is 0.395. The van der Waals surface area contributed by atoms with Crippen LogP contribution in [0.2, 0.25) is 0 Å². The SMILES string of the molecule is COc1ccc(S(=O)(=O)Nc2cccc3[nH]c(O)c(/C=c4\ccc5c(c4)N=CN=5)c23)cc1OC. The summed E-state index contributed by atoms with van der Waals surface area (Å²) in [6.07, 6.45) is 3.25. The topological polar surface area (TPSA) is 125 Å². The molecule has 34 heavy (non-hydrogen) atoms. The smallest absolute Gasteiger partial charge is 0.262 e. The monoisotopic (exact) mass is 476 g/mol. The number of aliphatic imine (C=N–C) groups is 1. The van der Waals surface area contributed by atoms with Crippen LogP contribution in [0.3, 0.4) is 0 Å². The Bertz CT molecular complexity index is 1690. The Morgan fingerprint density at radius 1 is 1.03 bits per heavy atom. The van der Waals surface area contributed by atoms with Gasteiger partial charge in [0.2, 0.25) is 0 Å². The highest BCUT2D eigenvalue weighted by atomic mass is 32.2. The molecule has 9 nitrogen and oxygen atoms in total. The standard InChI is InChI=1S/C24H20N4O5S/c1-32-21-9-7-15(12-22(21)33-2)34(30,31)28-19-5-3-4-18-23(19)16(24(29)27-18)10-14-6-8-17-20(11-14)26-13-25-17/h3-13,27-29H,1-2H3/b14-10+. The van der Waals surface area contributed by atoms with Gasteiger partial charge in [-0.15, -0.1) is 0 Å². The number of H-pyrrole nitrogens is 1. The van der Waals surface area contributed by atoms with Gasteiger partial charge in [0.15, 0.2) is 17.4 Å². The van der Waals surface area contributed by atoms with E-state index in [4.69, 9.17) is 9.47 Å². The van der Waals surface area contributed by atoms with Gasteiger partial charge in [-0.1, -0.05) is 12.1 Å². The maximum Gasteiger partial charge on any atom is 0.262 e. The van der Waals surface area contributed by atoms with Gasteiger partial charge in [0.1, 0.15) is 6.34 Å². The molecule has 1 aromatic heterocycles. The Balaban J connectivity index is 1.61. The van der Waals surface area contributed by atoms with Crippen LogP contribution in [0.4, 0.5) is 11.4 Å². The second-order valence-electron chi connectivity index (χ2n) is 7.50. The highest BCUT2D eigenvalue weighted by molar-refractivity contribution is 7.92.